The van der Waals surface area contributed by atoms with Gasteiger partial charge in [0.05, 0.1) is 12.7 Å². The SMILES string of the molecule is COC(=O)c1cc(CC(C)(C)N)cc(C)c1C. The minimum Gasteiger partial charge on any atom is -0.465 e. The molecule has 17 heavy (non-hydrogen) atoms. The average molecular weight is 235 g/mol. The first-order chi connectivity index (χ1) is 7.74. The summed E-state index contributed by atoms with van der Waals surface area (Å²) in [7, 11) is 1.40. The number of carbonyl (C=O) groups is 1. The summed E-state index contributed by atoms with van der Waals surface area (Å²) in [5.41, 5.74) is 9.48. The molecule has 1 rings (SSSR count). The van der Waals surface area contributed by atoms with E-state index in [0.717, 1.165) is 23.1 Å². The highest BCUT2D eigenvalue weighted by molar-refractivity contribution is 5.91. The Balaban J connectivity index is 3.19. The summed E-state index contributed by atoms with van der Waals surface area (Å²) >= 11 is 0. The minimum absolute atomic E-state index is 0.283. The summed E-state index contributed by atoms with van der Waals surface area (Å²) < 4.78 is 4.79. The number of hydrogen-bond donors (Lipinski definition) is 1. The molecule has 0 saturated carbocycles. The third-order valence-corrected chi connectivity index (χ3v) is 2.79. The zero-order valence-corrected chi connectivity index (χ0v) is 11.3. The van der Waals surface area contributed by atoms with Gasteiger partial charge in [-0.25, -0.2) is 4.79 Å². The third kappa shape index (κ3) is 3.56. The predicted octanol–water partition coefficient (Wildman–Crippen LogP) is 2.37. The molecule has 0 aliphatic heterocycles. The van der Waals surface area contributed by atoms with Gasteiger partial charge in [0.15, 0.2) is 0 Å². The summed E-state index contributed by atoms with van der Waals surface area (Å²) in [6, 6.07) is 3.96. The van der Waals surface area contributed by atoms with Crippen molar-refractivity contribution < 1.29 is 9.53 Å². The van der Waals surface area contributed by atoms with Gasteiger partial charge in [0.25, 0.3) is 0 Å². The fraction of sp³-hybridized carbons (Fsp3) is 0.500. The van der Waals surface area contributed by atoms with Crippen LogP contribution in [0.5, 0.6) is 0 Å². The van der Waals surface area contributed by atoms with Crippen molar-refractivity contribution in [2.75, 3.05) is 7.11 Å². The Bertz CT molecular complexity index is 431. The molecular weight excluding hydrogens is 214 g/mol. The van der Waals surface area contributed by atoms with E-state index >= 15 is 0 Å². The number of aryl methyl sites for hydroxylation is 1. The molecule has 0 radical (unpaired) electrons. The normalized spacial score (nSPS) is 11.4. The number of ether oxygens (including phenoxy) is 1. The molecule has 0 aliphatic rings. The highest BCUT2D eigenvalue weighted by atomic mass is 16.5. The number of rotatable bonds is 3. The van der Waals surface area contributed by atoms with Gasteiger partial charge in [0.1, 0.15) is 0 Å². The molecule has 94 valence electrons. The molecule has 1 aromatic carbocycles. The monoisotopic (exact) mass is 235 g/mol. The Morgan fingerprint density at radius 3 is 2.41 bits per heavy atom. The lowest BCUT2D eigenvalue weighted by Crippen LogP contribution is -2.34. The maximum atomic E-state index is 11.7. The molecular formula is C14H21NO2. The van der Waals surface area contributed by atoms with Crippen molar-refractivity contribution in [1.29, 1.82) is 0 Å². The second-order valence-corrected chi connectivity index (χ2v) is 5.24. The lowest BCUT2D eigenvalue weighted by molar-refractivity contribution is 0.0599. The van der Waals surface area contributed by atoms with Gasteiger partial charge >= 0.3 is 5.97 Å². The second kappa shape index (κ2) is 4.88. The first-order valence-corrected chi connectivity index (χ1v) is 5.72. The van der Waals surface area contributed by atoms with Crippen molar-refractivity contribution in [3.05, 3.63) is 34.4 Å². The van der Waals surface area contributed by atoms with Gasteiger partial charge in [0, 0.05) is 5.54 Å². The smallest absolute Gasteiger partial charge is 0.338 e. The van der Waals surface area contributed by atoms with Gasteiger partial charge < -0.3 is 10.5 Å². The molecule has 0 spiro atoms. The number of hydrogen-bond acceptors (Lipinski definition) is 3. The maximum Gasteiger partial charge on any atom is 0.338 e. The molecule has 2 N–H and O–H groups in total. The Kier molecular flexibility index (Phi) is 3.94. The van der Waals surface area contributed by atoms with E-state index in [9.17, 15) is 4.79 Å². The van der Waals surface area contributed by atoms with Gasteiger partial charge in [-0.2, -0.15) is 0 Å². The molecule has 0 unspecified atom stereocenters. The summed E-state index contributed by atoms with van der Waals surface area (Å²) in [6.07, 6.45) is 0.734. The van der Waals surface area contributed by atoms with Crippen LogP contribution in [0.1, 0.15) is 40.9 Å². The van der Waals surface area contributed by atoms with Gasteiger partial charge in [-0.05, 0) is 56.9 Å². The molecule has 0 saturated heterocycles. The van der Waals surface area contributed by atoms with Crippen molar-refractivity contribution in [2.24, 2.45) is 5.73 Å². The first kappa shape index (κ1) is 13.7. The highest BCUT2D eigenvalue weighted by Crippen LogP contribution is 2.20. The zero-order valence-electron chi connectivity index (χ0n) is 11.3. The molecule has 0 atom stereocenters. The van der Waals surface area contributed by atoms with Crippen molar-refractivity contribution >= 4 is 5.97 Å². The van der Waals surface area contributed by atoms with Gasteiger partial charge in [0.2, 0.25) is 0 Å². The molecule has 0 aromatic heterocycles. The van der Waals surface area contributed by atoms with Gasteiger partial charge in [-0.15, -0.1) is 0 Å². The van der Waals surface area contributed by atoms with Crippen LogP contribution >= 0.6 is 0 Å². The Morgan fingerprint density at radius 2 is 1.94 bits per heavy atom. The summed E-state index contributed by atoms with van der Waals surface area (Å²) in [6.45, 7) is 7.87. The highest BCUT2D eigenvalue weighted by Gasteiger charge is 2.16. The molecule has 3 nitrogen and oxygen atoms in total. The fourth-order valence-corrected chi connectivity index (χ4v) is 1.88. The van der Waals surface area contributed by atoms with E-state index in [1.807, 2.05) is 33.8 Å². The molecule has 0 bridgehead atoms. The molecule has 3 heteroatoms. The minimum atomic E-state index is -0.290. The number of nitrogens with two attached hydrogens (primary N) is 1. The summed E-state index contributed by atoms with van der Waals surface area (Å²) in [5.74, 6) is -0.290. The van der Waals surface area contributed by atoms with E-state index in [0.29, 0.717) is 5.56 Å². The zero-order chi connectivity index (χ0) is 13.2. The number of benzene rings is 1. The second-order valence-electron chi connectivity index (χ2n) is 5.24. The molecule has 0 fully saturated rings. The number of methoxy groups -OCH3 is 1. The van der Waals surface area contributed by atoms with Crippen LogP contribution in [0.4, 0.5) is 0 Å². The molecule has 0 aliphatic carbocycles. The van der Waals surface area contributed by atoms with Crippen molar-refractivity contribution in [1.82, 2.24) is 0 Å². The van der Waals surface area contributed by atoms with Crippen LogP contribution in [-0.4, -0.2) is 18.6 Å². The van der Waals surface area contributed by atoms with E-state index in [-0.39, 0.29) is 11.5 Å². The van der Waals surface area contributed by atoms with E-state index in [2.05, 4.69) is 6.07 Å². The topological polar surface area (TPSA) is 52.3 Å². The fourth-order valence-electron chi connectivity index (χ4n) is 1.88. The lowest BCUT2D eigenvalue weighted by Gasteiger charge is -2.20. The lowest BCUT2D eigenvalue weighted by atomic mass is 9.91. The van der Waals surface area contributed by atoms with Crippen LogP contribution in [0.15, 0.2) is 12.1 Å². The van der Waals surface area contributed by atoms with Crippen molar-refractivity contribution in [3.63, 3.8) is 0 Å². The standard InChI is InChI=1S/C14H21NO2/c1-9-6-11(8-14(3,4)15)7-12(10(9)2)13(16)17-5/h6-7H,8,15H2,1-5H3. The van der Waals surface area contributed by atoms with E-state index in [1.165, 1.54) is 7.11 Å². The predicted molar refractivity (Wildman–Crippen MR) is 69.2 cm³/mol. The van der Waals surface area contributed by atoms with Crippen LogP contribution in [0.3, 0.4) is 0 Å². The molecule has 0 amide bonds. The largest absolute Gasteiger partial charge is 0.465 e. The van der Waals surface area contributed by atoms with Crippen LogP contribution in [0, 0.1) is 13.8 Å². The van der Waals surface area contributed by atoms with Crippen LogP contribution < -0.4 is 5.73 Å². The van der Waals surface area contributed by atoms with E-state index < -0.39 is 0 Å². The third-order valence-electron chi connectivity index (χ3n) is 2.79. The Hall–Kier alpha value is -1.35. The maximum absolute atomic E-state index is 11.7. The van der Waals surface area contributed by atoms with Crippen LogP contribution in [-0.2, 0) is 11.2 Å². The first-order valence-electron chi connectivity index (χ1n) is 5.72. The van der Waals surface area contributed by atoms with Crippen LogP contribution in [0.2, 0.25) is 0 Å². The molecule has 1 aromatic rings. The Labute approximate surface area is 103 Å². The van der Waals surface area contributed by atoms with Gasteiger partial charge in [-0.3, -0.25) is 0 Å². The summed E-state index contributed by atoms with van der Waals surface area (Å²) in [4.78, 5) is 11.7. The van der Waals surface area contributed by atoms with E-state index in [1.54, 1.807) is 0 Å². The average Bonchev–Trinajstić information content (AvgIpc) is 2.19. The molecule has 0 heterocycles. The Morgan fingerprint density at radius 1 is 1.35 bits per heavy atom. The van der Waals surface area contributed by atoms with E-state index in [4.69, 9.17) is 10.5 Å². The van der Waals surface area contributed by atoms with Crippen LogP contribution in [0.25, 0.3) is 0 Å². The quantitative estimate of drug-likeness (QED) is 0.818. The van der Waals surface area contributed by atoms with Gasteiger partial charge in [-0.1, -0.05) is 6.07 Å². The van der Waals surface area contributed by atoms with Crippen molar-refractivity contribution in [2.45, 2.75) is 39.7 Å². The number of esters is 1. The van der Waals surface area contributed by atoms with Crippen molar-refractivity contribution in [3.8, 4) is 0 Å². The number of carbonyl (C=O) groups excluding carboxylic acids is 1. The summed E-state index contributed by atoms with van der Waals surface area (Å²) in [5, 5.41) is 0.